The van der Waals surface area contributed by atoms with Crippen LogP contribution in [0.5, 0.6) is 17.2 Å². The van der Waals surface area contributed by atoms with E-state index >= 15 is 0 Å². The van der Waals surface area contributed by atoms with E-state index in [0.29, 0.717) is 54.8 Å². The number of benzene rings is 2. The van der Waals surface area contributed by atoms with Gasteiger partial charge in [-0.1, -0.05) is 31.5 Å². The maximum Gasteiger partial charge on any atom is 0.259 e. The minimum absolute atomic E-state index is 0.207. The van der Waals surface area contributed by atoms with Crippen molar-refractivity contribution < 1.29 is 27.4 Å². The van der Waals surface area contributed by atoms with Crippen molar-refractivity contribution in [1.29, 1.82) is 0 Å². The maximum atomic E-state index is 13.8. The van der Waals surface area contributed by atoms with E-state index in [1.165, 1.54) is 22.4 Å². The minimum atomic E-state index is -3.77. The number of hydrogen-bond acceptors (Lipinski definition) is 8. The predicted octanol–water partition coefficient (Wildman–Crippen LogP) is 6.92. The van der Waals surface area contributed by atoms with Gasteiger partial charge in [-0.2, -0.15) is 0 Å². The second kappa shape index (κ2) is 12.8. The molecule has 3 aromatic rings. The summed E-state index contributed by atoms with van der Waals surface area (Å²) < 4.78 is 45.0. The van der Waals surface area contributed by atoms with Gasteiger partial charge in [0, 0.05) is 28.2 Å². The van der Waals surface area contributed by atoms with E-state index in [1.54, 1.807) is 12.1 Å². The van der Waals surface area contributed by atoms with E-state index in [0.717, 1.165) is 55.6 Å². The number of ether oxygens (including phenoxy) is 3. The molecule has 3 atom stereocenters. The molecule has 0 bridgehead atoms. The predicted molar refractivity (Wildman–Crippen MR) is 186 cm³/mol. The summed E-state index contributed by atoms with van der Waals surface area (Å²) in [7, 11) is -3.77. The zero-order valence-electron chi connectivity index (χ0n) is 27.8. The number of rotatable bonds is 9. The molecule has 2 aromatic carbocycles. The first-order valence-corrected chi connectivity index (χ1v) is 19.3. The third kappa shape index (κ3) is 6.33. The van der Waals surface area contributed by atoms with Gasteiger partial charge in [-0.3, -0.25) is 14.5 Å². The van der Waals surface area contributed by atoms with Crippen LogP contribution in [0, 0.1) is 11.8 Å². The average molecular weight is 694 g/mol. The molecule has 9 nitrogen and oxygen atoms in total. The van der Waals surface area contributed by atoms with Crippen molar-refractivity contribution in [2.75, 3.05) is 25.0 Å². The fraction of sp³-hybridized carbons (Fsp3) is 0.514. The van der Waals surface area contributed by atoms with Gasteiger partial charge in [0.1, 0.15) is 11.3 Å². The van der Waals surface area contributed by atoms with E-state index < -0.39 is 21.5 Å². The number of aryl methyl sites for hydroxylation is 1. The van der Waals surface area contributed by atoms with Gasteiger partial charge >= 0.3 is 0 Å². The van der Waals surface area contributed by atoms with Crippen LogP contribution in [0.4, 0.5) is 5.69 Å². The quantitative estimate of drug-likeness (QED) is 0.248. The molecule has 1 saturated carbocycles. The molecule has 7 rings (SSSR count). The Morgan fingerprint density at radius 2 is 1.90 bits per heavy atom. The fourth-order valence-electron chi connectivity index (χ4n) is 8.78. The lowest BCUT2D eigenvalue weighted by atomic mass is 9.59. The van der Waals surface area contributed by atoms with Crippen molar-refractivity contribution in [2.24, 2.45) is 11.8 Å². The first-order chi connectivity index (χ1) is 22.9. The average Bonchev–Trinajstić information content (AvgIpc) is 3.61. The smallest absolute Gasteiger partial charge is 0.259 e. The zero-order valence-corrected chi connectivity index (χ0v) is 29.4. The van der Waals surface area contributed by atoms with Crippen LogP contribution < -0.4 is 24.2 Å². The van der Waals surface area contributed by atoms with Crippen LogP contribution in [0.1, 0.15) is 87.1 Å². The summed E-state index contributed by atoms with van der Waals surface area (Å²) in [5, 5.41) is 3.95. The number of fused-ring (bicyclic) bond motifs is 4. The second-order valence-corrected chi connectivity index (χ2v) is 16.6. The number of carbonyl (C=O) groups is 1. The number of anilines is 1. The normalized spacial score (nSPS) is 26.4. The highest BCUT2D eigenvalue weighted by molar-refractivity contribution is 7.89. The van der Waals surface area contributed by atoms with Gasteiger partial charge in [0.15, 0.2) is 11.5 Å². The van der Waals surface area contributed by atoms with Crippen LogP contribution >= 0.6 is 11.6 Å². The summed E-state index contributed by atoms with van der Waals surface area (Å²) in [5.41, 5.74) is 4.25. The van der Waals surface area contributed by atoms with Crippen molar-refractivity contribution in [2.45, 2.75) is 88.5 Å². The highest BCUT2D eigenvalue weighted by Gasteiger charge is 2.54. The topological polar surface area (TPSA) is 116 Å². The number of nitrogens with one attached hydrogen (secondary N) is 2. The number of carbonyl (C=O) groups excluding carboxylic acids is 1. The first-order valence-electron chi connectivity index (χ1n) is 17.0. The molecule has 1 fully saturated rings. The van der Waals surface area contributed by atoms with Gasteiger partial charge < -0.3 is 19.5 Å². The van der Waals surface area contributed by atoms with E-state index in [4.69, 9.17) is 25.8 Å². The Bertz CT molecular complexity index is 1820. The molecule has 1 spiro atoms. The van der Waals surface area contributed by atoms with Gasteiger partial charge in [0.25, 0.3) is 5.91 Å². The van der Waals surface area contributed by atoms with Crippen LogP contribution in [0.2, 0.25) is 5.02 Å². The third-order valence-electron chi connectivity index (χ3n) is 11.1. The van der Waals surface area contributed by atoms with Gasteiger partial charge in [0.05, 0.1) is 12.9 Å². The second-order valence-electron chi connectivity index (χ2n) is 14.5. The van der Waals surface area contributed by atoms with E-state index in [2.05, 4.69) is 41.0 Å². The summed E-state index contributed by atoms with van der Waals surface area (Å²) in [5.74, 6) is 2.95. The van der Waals surface area contributed by atoms with Crippen molar-refractivity contribution >= 4 is 33.2 Å². The number of nitrogens with zero attached hydrogens (tertiary/aromatic N) is 1. The van der Waals surface area contributed by atoms with Crippen LogP contribution in [-0.2, 0) is 33.1 Å². The van der Waals surface area contributed by atoms with Gasteiger partial charge in [-0.25, -0.2) is 8.42 Å². The highest BCUT2D eigenvalue weighted by atomic mass is 35.5. The molecule has 1 aromatic heterocycles. The summed E-state index contributed by atoms with van der Waals surface area (Å²) in [6.07, 6.45) is 10.3. The molecule has 3 aliphatic carbocycles. The number of sulfonamides is 1. The zero-order chi connectivity index (χ0) is 33.7. The molecule has 4 aliphatic rings. The molecule has 2 heterocycles. The van der Waals surface area contributed by atoms with Gasteiger partial charge in [-0.05, 0) is 128 Å². The van der Waals surface area contributed by atoms with Crippen LogP contribution in [0.3, 0.4) is 0 Å². The van der Waals surface area contributed by atoms with Gasteiger partial charge in [-0.15, -0.1) is 0 Å². The Morgan fingerprint density at radius 1 is 1.12 bits per heavy atom. The standard InChI is InChI=1S/C37H44ClN3O6S/c1-23(21-45-31-10-15-39-30-9-4-6-24(2)34(30)31)16-26-17-25-18-32-33(47-22-46-32)20-29(25)36(26)11-13-37(14-12-36,35(42)41-48(3,43)44)40-28-8-5-7-27(38)19-28/h5,7-8,10,15,18-20,23-24,26,40H,4,6,9,11-14,16-17,21-22H2,1-3H3,(H,41,42)/t23-,24-,26?,36?,37?/m1/s1. The molecule has 1 unspecified atom stereocenters. The Balaban J connectivity index is 1.16. The SMILES string of the molecule is C[C@@H](COc1ccnc2c1[C@H](C)CCC2)CC1Cc2cc3c(cc2C12CCC(Nc1cccc(Cl)c1)(C(=O)NS(C)(=O)=O)CC2)OCO3. The van der Waals surface area contributed by atoms with Crippen LogP contribution in [0.25, 0.3) is 0 Å². The number of amides is 1. The highest BCUT2D eigenvalue weighted by Crippen LogP contribution is 2.58. The Morgan fingerprint density at radius 3 is 2.65 bits per heavy atom. The molecule has 11 heteroatoms. The summed E-state index contributed by atoms with van der Waals surface area (Å²) in [4.78, 5) is 18.4. The van der Waals surface area contributed by atoms with Crippen molar-refractivity contribution in [1.82, 2.24) is 9.71 Å². The van der Waals surface area contributed by atoms with Crippen LogP contribution in [-0.4, -0.2) is 44.5 Å². The number of hydrogen-bond donors (Lipinski definition) is 2. The van der Waals surface area contributed by atoms with Crippen molar-refractivity contribution in [3.63, 3.8) is 0 Å². The summed E-state index contributed by atoms with van der Waals surface area (Å²) in [6, 6.07) is 13.5. The Hall–Kier alpha value is -3.50. The number of halogens is 1. The molecule has 48 heavy (non-hydrogen) atoms. The lowest BCUT2D eigenvalue weighted by Gasteiger charge is -2.48. The largest absolute Gasteiger partial charge is 0.493 e. The monoisotopic (exact) mass is 693 g/mol. The molecular formula is C37H44ClN3O6S. The third-order valence-corrected chi connectivity index (χ3v) is 11.9. The molecule has 1 aliphatic heterocycles. The minimum Gasteiger partial charge on any atom is -0.493 e. The number of aromatic nitrogens is 1. The molecular weight excluding hydrogens is 650 g/mol. The fourth-order valence-corrected chi connectivity index (χ4v) is 9.50. The number of pyridine rings is 1. The summed E-state index contributed by atoms with van der Waals surface area (Å²) >= 11 is 6.30. The Labute approximate surface area is 288 Å². The molecule has 256 valence electrons. The Kier molecular flexibility index (Phi) is 8.77. The molecule has 0 saturated heterocycles. The van der Waals surface area contributed by atoms with E-state index in [1.807, 2.05) is 24.4 Å². The maximum absolute atomic E-state index is 13.8. The van der Waals surface area contributed by atoms with Crippen molar-refractivity contribution in [3.05, 3.63) is 76.1 Å². The van der Waals surface area contributed by atoms with Crippen molar-refractivity contribution in [3.8, 4) is 17.2 Å². The van der Waals surface area contributed by atoms with E-state index in [-0.39, 0.29) is 18.1 Å². The molecule has 0 radical (unpaired) electrons. The molecule has 2 N–H and O–H groups in total. The first kappa shape index (κ1) is 33.0. The molecule has 1 amide bonds. The van der Waals surface area contributed by atoms with Crippen LogP contribution in [0.15, 0.2) is 48.7 Å². The van der Waals surface area contributed by atoms with E-state index in [9.17, 15) is 13.2 Å². The van der Waals surface area contributed by atoms with Gasteiger partial charge in [0.2, 0.25) is 16.8 Å². The summed E-state index contributed by atoms with van der Waals surface area (Å²) in [6.45, 7) is 5.33. The lowest BCUT2D eigenvalue weighted by Crippen LogP contribution is -2.58. The lowest BCUT2D eigenvalue weighted by molar-refractivity contribution is -0.125.